The van der Waals surface area contributed by atoms with E-state index < -0.39 is 0 Å². The van der Waals surface area contributed by atoms with E-state index in [0.29, 0.717) is 0 Å². The van der Waals surface area contributed by atoms with Crippen molar-refractivity contribution in [1.29, 1.82) is 0 Å². The summed E-state index contributed by atoms with van der Waals surface area (Å²) in [6.07, 6.45) is 6.09. The third-order valence-corrected chi connectivity index (χ3v) is 2.00. The van der Waals surface area contributed by atoms with Gasteiger partial charge in [0.05, 0.1) is 6.04 Å². The van der Waals surface area contributed by atoms with E-state index in [9.17, 15) is 4.39 Å². The summed E-state index contributed by atoms with van der Waals surface area (Å²) in [4.78, 5) is 0. The average molecular weight is 191 g/mol. The number of hydrogen-bond donors (Lipinski definition) is 1. The van der Waals surface area contributed by atoms with E-state index in [0.717, 1.165) is 18.5 Å². The van der Waals surface area contributed by atoms with E-state index in [4.69, 9.17) is 6.42 Å². The molecule has 0 aliphatic carbocycles. The predicted octanol–water partition coefficient (Wildman–Crippen LogP) is 1.98. The molecule has 0 aliphatic rings. The molecule has 0 amide bonds. The Morgan fingerprint density at radius 2 is 2.07 bits per heavy atom. The Morgan fingerprint density at radius 1 is 1.43 bits per heavy atom. The van der Waals surface area contributed by atoms with Crippen LogP contribution < -0.4 is 5.32 Å². The fourth-order valence-corrected chi connectivity index (χ4v) is 1.29. The molecule has 0 radical (unpaired) electrons. The number of rotatable bonds is 4. The molecule has 1 N–H and O–H groups in total. The van der Waals surface area contributed by atoms with Crippen molar-refractivity contribution >= 4 is 0 Å². The average Bonchev–Trinajstić information content (AvgIpc) is 2.20. The molecule has 1 aromatic rings. The minimum absolute atomic E-state index is 0.0328. The predicted molar refractivity (Wildman–Crippen MR) is 56.4 cm³/mol. The summed E-state index contributed by atoms with van der Waals surface area (Å²) in [7, 11) is 0. The maximum Gasteiger partial charge on any atom is 0.123 e. The molecular weight excluding hydrogens is 177 g/mol. The molecule has 0 spiro atoms. The summed E-state index contributed by atoms with van der Waals surface area (Å²) in [6, 6.07) is 6.46. The maximum atomic E-state index is 12.6. The fraction of sp³-hybridized carbons (Fsp3) is 0.333. The highest BCUT2D eigenvalue weighted by Crippen LogP contribution is 2.05. The summed E-state index contributed by atoms with van der Waals surface area (Å²) in [6.45, 7) is 2.85. The summed E-state index contributed by atoms with van der Waals surface area (Å²) in [5.74, 6) is 2.45. The Morgan fingerprint density at radius 3 is 2.57 bits per heavy atom. The summed E-state index contributed by atoms with van der Waals surface area (Å²) in [5.41, 5.74) is 1.05. The zero-order chi connectivity index (χ0) is 10.4. The molecule has 0 heterocycles. The first-order chi connectivity index (χ1) is 6.76. The van der Waals surface area contributed by atoms with Crippen LogP contribution in [0.1, 0.15) is 12.5 Å². The van der Waals surface area contributed by atoms with Gasteiger partial charge < -0.3 is 5.32 Å². The van der Waals surface area contributed by atoms with Crippen molar-refractivity contribution in [3.63, 3.8) is 0 Å². The Kier molecular flexibility index (Phi) is 4.15. The first-order valence-corrected chi connectivity index (χ1v) is 4.70. The smallest absolute Gasteiger partial charge is 0.123 e. The van der Waals surface area contributed by atoms with E-state index >= 15 is 0 Å². The summed E-state index contributed by atoms with van der Waals surface area (Å²) in [5, 5.41) is 3.17. The molecule has 1 rings (SSSR count). The minimum atomic E-state index is -0.213. The van der Waals surface area contributed by atoms with Crippen LogP contribution >= 0.6 is 0 Å². The van der Waals surface area contributed by atoms with Crippen LogP contribution in [-0.2, 0) is 6.42 Å². The Balaban J connectivity index is 2.59. The van der Waals surface area contributed by atoms with Gasteiger partial charge in [0, 0.05) is 0 Å². The highest BCUT2D eigenvalue weighted by molar-refractivity contribution is 5.19. The van der Waals surface area contributed by atoms with Gasteiger partial charge in [-0.05, 0) is 30.7 Å². The van der Waals surface area contributed by atoms with Gasteiger partial charge in [0.2, 0.25) is 0 Å². The largest absolute Gasteiger partial charge is 0.304 e. The van der Waals surface area contributed by atoms with Crippen LogP contribution in [0.25, 0.3) is 0 Å². The monoisotopic (exact) mass is 191 g/mol. The standard InChI is InChI=1S/C12H14FN/c1-3-12(14-4-2)9-10-5-7-11(13)8-6-10/h1,5-8,12,14H,4,9H2,2H3. The molecule has 14 heavy (non-hydrogen) atoms. The zero-order valence-corrected chi connectivity index (χ0v) is 8.26. The Bertz CT molecular complexity index is 310. The third-order valence-electron chi connectivity index (χ3n) is 2.00. The van der Waals surface area contributed by atoms with Crippen LogP contribution in [0, 0.1) is 18.2 Å². The molecule has 0 aromatic heterocycles. The van der Waals surface area contributed by atoms with Gasteiger partial charge in [-0.25, -0.2) is 4.39 Å². The van der Waals surface area contributed by atoms with Crippen molar-refractivity contribution in [1.82, 2.24) is 5.32 Å². The second-order valence-corrected chi connectivity index (χ2v) is 3.11. The van der Waals surface area contributed by atoms with Crippen molar-refractivity contribution in [3.8, 4) is 12.3 Å². The molecule has 1 aromatic carbocycles. The van der Waals surface area contributed by atoms with Gasteiger partial charge >= 0.3 is 0 Å². The van der Waals surface area contributed by atoms with Crippen LogP contribution in [-0.4, -0.2) is 12.6 Å². The lowest BCUT2D eigenvalue weighted by Gasteiger charge is -2.10. The number of halogens is 1. The number of likely N-dealkylation sites (N-methyl/N-ethyl adjacent to an activating group) is 1. The van der Waals surface area contributed by atoms with E-state index in [1.54, 1.807) is 12.1 Å². The van der Waals surface area contributed by atoms with Crippen molar-refractivity contribution in [2.75, 3.05) is 6.54 Å². The normalized spacial score (nSPS) is 12.1. The zero-order valence-electron chi connectivity index (χ0n) is 8.26. The van der Waals surface area contributed by atoms with Crippen LogP contribution in [0.5, 0.6) is 0 Å². The van der Waals surface area contributed by atoms with Crippen LogP contribution in [0.2, 0.25) is 0 Å². The lowest BCUT2D eigenvalue weighted by atomic mass is 10.1. The second kappa shape index (κ2) is 5.41. The van der Waals surface area contributed by atoms with E-state index in [-0.39, 0.29) is 11.9 Å². The van der Waals surface area contributed by atoms with Crippen LogP contribution in [0.3, 0.4) is 0 Å². The fourth-order valence-electron chi connectivity index (χ4n) is 1.29. The molecule has 2 heteroatoms. The lowest BCUT2D eigenvalue weighted by molar-refractivity contribution is 0.617. The number of benzene rings is 1. The minimum Gasteiger partial charge on any atom is -0.304 e. The molecule has 0 fully saturated rings. The van der Waals surface area contributed by atoms with E-state index in [1.165, 1.54) is 12.1 Å². The van der Waals surface area contributed by atoms with Crippen molar-refractivity contribution in [3.05, 3.63) is 35.6 Å². The van der Waals surface area contributed by atoms with Gasteiger partial charge in [-0.2, -0.15) is 0 Å². The Labute approximate surface area is 84.3 Å². The van der Waals surface area contributed by atoms with Crippen molar-refractivity contribution in [2.24, 2.45) is 0 Å². The molecule has 0 aliphatic heterocycles. The van der Waals surface area contributed by atoms with Gasteiger partial charge in [0.25, 0.3) is 0 Å². The van der Waals surface area contributed by atoms with E-state index in [1.807, 2.05) is 6.92 Å². The molecule has 1 nitrogen and oxygen atoms in total. The van der Waals surface area contributed by atoms with Gasteiger partial charge in [0.15, 0.2) is 0 Å². The van der Waals surface area contributed by atoms with Crippen molar-refractivity contribution in [2.45, 2.75) is 19.4 Å². The van der Waals surface area contributed by atoms with Gasteiger partial charge in [-0.15, -0.1) is 6.42 Å². The second-order valence-electron chi connectivity index (χ2n) is 3.11. The van der Waals surface area contributed by atoms with Crippen LogP contribution in [0.4, 0.5) is 4.39 Å². The SMILES string of the molecule is C#CC(Cc1ccc(F)cc1)NCC. The van der Waals surface area contributed by atoms with Gasteiger partial charge in [0.1, 0.15) is 5.82 Å². The first-order valence-electron chi connectivity index (χ1n) is 4.70. The highest BCUT2D eigenvalue weighted by Gasteiger charge is 2.03. The topological polar surface area (TPSA) is 12.0 Å². The molecule has 1 unspecified atom stereocenters. The van der Waals surface area contributed by atoms with Crippen LogP contribution in [0.15, 0.2) is 24.3 Å². The molecular formula is C12H14FN. The molecule has 0 saturated carbocycles. The van der Waals surface area contributed by atoms with Gasteiger partial charge in [-0.3, -0.25) is 0 Å². The van der Waals surface area contributed by atoms with Crippen molar-refractivity contribution < 1.29 is 4.39 Å². The first kappa shape index (κ1) is 10.7. The number of hydrogen-bond acceptors (Lipinski definition) is 1. The Hall–Kier alpha value is -1.33. The molecule has 0 bridgehead atoms. The molecule has 0 saturated heterocycles. The summed E-state index contributed by atoms with van der Waals surface area (Å²) < 4.78 is 12.6. The molecule has 74 valence electrons. The maximum absolute atomic E-state index is 12.6. The summed E-state index contributed by atoms with van der Waals surface area (Å²) >= 11 is 0. The number of terminal acetylenes is 1. The van der Waals surface area contributed by atoms with E-state index in [2.05, 4.69) is 11.2 Å². The van der Waals surface area contributed by atoms with Gasteiger partial charge in [-0.1, -0.05) is 25.0 Å². The quantitative estimate of drug-likeness (QED) is 0.717. The lowest BCUT2D eigenvalue weighted by Crippen LogP contribution is -2.29. The number of nitrogens with one attached hydrogen (secondary N) is 1. The highest BCUT2D eigenvalue weighted by atomic mass is 19.1. The third kappa shape index (κ3) is 3.20. The molecule has 1 atom stereocenters.